The Morgan fingerprint density at radius 3 is 2.90 bits per heavy atom. The summed E-state index contributed by atoms with van der Waals surface area (Å²) in [7, 11) is 0. The Balaban J connectivity index is 1.72. The zero-order chi connectivity index (χ0) is 14.2. The van der Waals surface area contributed by atoms with Crippen molar-refractivity contribution in [1.29, 1.82) is 0 Å². The van der Waals surface area contributed by atoms with E-state index in [9.17, 15) is 0 Å². The van der Waals surface area contributed by atoms with Crippen LogP contribution in [0.1, 0.15) is 56.3 Å². The highest BCUT2D eigenvalue weighted by atomic mass is 32.1. The van der Waals surface area contributed by atoms with Gasteiger partial charge in [0.25, 0.3) is 0 Å². The van der Waals surface area contributed by atoms with E-state index in [0.717, 1.165) is 24.9 Å². The third-order valence-corrected chi connectivity index (χ3v) is 4.66. The summed E-state index contributed by atoms with van der Waals surface area (Å²) in [4.78, 5) is 3.89. The summed E-state index contributed by atoms with van der Waals surface area (Å²) >= 11 is 1.84. The number of hydrogen-bond donors (Lipinski definition) is 0. The minimum absolute atomic E-state index is 0.0799. The van der Waals surface area contributed by atoms with Crippen molar-refractivity contribution in [2.24, 2.45) is 0 Å². The van der Waals surface area contributed by atoms with Gasteiger partial charge in [-0.25, -0.2) is 0 Å². The van der Waals surface area contributed by atoms with Crippen molar-refractivity contribution in [2.75, 3.05) is 6.54 Å². The maximum absolute atomic E-state index is 5.82. The van der Waals surface area contributed by atoms with Crippen LogP contribution in [-0.2, 0) is 12.0 Å². The molecule has 3 rings (SSSR count). The molecule has 0 saturated carbocycles. The van der Waals surface area contributed by atoms with Gasteiger partial charge in [0.1, 0.15) is 0 Å². The molecule has 3 heterocycles. The topological polar surface area (TPSA) is 42.2 Å². The molecule has 0 aromatic carbocycles. The van der Waals surface area contributed by atoms with E-state index in [4.69, 9.17) is 4.42 Å². The number of nitrogens with zero attached hydrogens (tertiary/aromatic N) is 3. The normalized spacial score (nSPS) is 20.6. The second-order valence-electron chi connectivity index (χ2n) is 6.39. The lowest BCUT2D eigenvalue weighted by Gasteiger charge is -2.21. The summed E-state index contributed by atoms with van der Waals surface area (Å²) in [5, 5.41) is 10.5. The first-order chi connectivity index (χ1) is 9.54. The van der Waals surface area contributed by atoms with Crippen LogP contribution in [0.5, 0.6) is 0 Å². The molecule has 1 fully saturated rings. The Hall–Kier alpha value is -1.20. The maximum Gasteiger partial charge on any atom is 0.230 e. The Kier molecular flexibility index (Phi) is 3.65. The van der Waals surface area contributed by atoms with Crippen molar-refractivity contribution < 1.29 is 4.42 Å². The predicted molar refractivity (Wildman–Crippen MR) is 79.7 cm³/mol. The van der Waals surface area contributed by atoms with Crippen LogP contribution in [0.25, 0.3) is 0 Å². The molecule has 0 radical (unpaired) electrons. The molecule has 0 aliphatic carbocycles. The fraction of sp³-hybridized carbons (Fsp3) is 0.600. The van der Waals surface area contributed by atoms with Gasteiger partial charge in [-0.1, -0.05) is 26.8 Å². The van der Waals surface area contributed by atoms with E-state index in [0.29, 0.717) is 6.04 Å². The lowest BCUT2D eigenvalue weighted by Crippen LogP contribution is -2.22. The summed E-state index contributed by atoms with van der Waals surface area (Å²) < 4.78 is 5.82. The van der Waals surface area contributed by atoms with Crippen molar-refractivity contribution in [3.8, 4) is 0 Å². The molecule has 0 unspecified atom stereocenters. The van der Waals surface area contributed by atoms with Gasteiger partial charge in [-0.2, -0.15) is 0 Å². The fourth-order valence-electron chi connectivity index (χ4n) is 2.61. The highest BCUT2D eigenvalue weighted by Crippen LogP contribution is 2.35. The van der Waals surface area contributed by atoms with Gasteiger partial charge in [0.2, 0.25) is 11.8 Å². The quantitative estimate of drug-likeness (QED) is 0.863. The molecule has 2 aromatic heterocycles. The van der Waals surface area contributed by atoms with Gasteiger partial charge in [-0.15, -0.1) is 21.5 Å². The standard InChI is InChI=1S/C15H21N3OS/c1-15(2,3)14-17-16-13(19-14)10-18-8-4-6-11(18)12-7-5-9-20-12/h5,7,9,11H,4,6,8,10H2,1-3H3/t11-/m0/s1. The molecule has 5 heteroatoms. The number of aromatic nitrogens is 2. The third kappa shape index (κ3) is 2.79. The van der Waals surface area contributed by atoms with Gasteiger partial charge in [-0.3, -0.25) is 4.90 Å². The molecule has 0 amide bonds. The zero-order valence-electron chi connectivity index (χ0n) is 12.3. The van der Waals surface area contributed by atoms with Crippen LogP contribution >= 0.6 is 11.3 Å². The van der Waals surface area contributed by atoms with E-state index in [1.165, 1.54) is 17.7 Å². The first kappa shape index (κ1) is 13.8. The van der Waals surface area contributed by atoms with Gasteiger partial charge in [-0.05, 0) is 30.8 Å². The molecule has 2 aromatic rings. The lowest BCUT2D eigenvalue weighted by atomic mass is 9.97. The first-order valence-electron chi connectivity index (χ1n) is 7.14. The van der Waals surface area contributed by atoms with Crippen LogP contribution in [0.2, 0.25) is 0 Å². The summed E-state index contributed by atoms with van der Waals surface area (Å²) in [6.07, 6.45) is 2.46. The molecule has 0 bridgehead atoms. The number of likely N-dealkylation sites (tertiary alicyclic amines) is 1. The van der Waals surface area contributed by atoms with Crippen LogP contribution in [0.15, 0.2) is 21.9 Å². The SMILES string of the molecule is CC(C)(C)c1nnc(CN2CCC[C@H]2c2cccs2)o1. The van der Waals surface area contributed by atoms with Crippen molar-refractivity contribution in [1.82, 2.24) is 15.1 Å². The van der Waals surface area contributed by atoms with Crippen LogP contribution in [0.4, 0.5) is 0 Å². The van der Waals surface area contributed by atoms with E-state index in [1.807, 2.05) is 11.3 Å². The average molecular weight is 291 g/mol. The summed E-state index contributed by atoms with van der Waals surface area (Å²) in [6, 6.07) is 4.86. The smallest absolute Gasteiger partial charge is 0.230 e. The van der Waals surface area contributed by atoms with Crippen LogP contribution in [-0.4, -0.2) is 21.6 Å². The number of rotatable bonds is 3. The largest absolute Gasteiger partial charge is 0.423 e. The molecule has 20 heavy (non-hydrogen) atoms. The Morgan fingerprint density at radius 1 is 1.40 bits per heavy atom. The van der Waals surface area contributed by atoms with E-state index in [-0.39, 0.29) is 5.41 Å². The van der Waals surface area contributed by atoms with E-state index in [1.54, 1.807) is 0 Å². The van der Waals surface area contributed by atoms with Crippen LogP contribution < -0.4 is 0 Å². The van der Waals surface area contributed by atoms with Crippen molar-refractivity contribution in [3.63, 3.8) is 0 Å². The minimum atomic E-state index is -0.0799. The van der Waals surface area contributed by atoms with Crippen molar-refractivity contribution in [3.05, 3.63) is 34.2 Å². The van der Waals surface area contributed by atoms with Gasteiger partial charge in [0.05, 0.1) is 6.54 Å². The average Bonchev–Trinajstić information content (AvgIpc) is 3.08. The first-order valence-corrected chi connectivity index (χ1v) is 8.02. The summed E-state index contributed by atoms with van der Waals surface area (Å²) in [6.45, 7) is 8.14. The van der Waals surface area contributed by atoms with Crippen LogP contribution in [0.3, 0.4) is 0 Å². The van der Waals surface area contributed by atoms with Crippen molar-refractivity contribution >= 4 is 11.3 Å². The molecule has 108 valence electrons. The van der Waals surface area contributed by atoms with E-state index >= 15 is 0 Å². The zero-order valence-corrected chi connectivity index (χ0v) is 13.1. The lowest BCUT2D eigenvalue weighted by molar-refractivity contribution is 0.220. The molecule has 1 atom stereocenters. The molecule has 0 spiro atoms. The molecule has 4 nitrogen and oxygen atoms in total. The number of hydrogen-bond acceptors (Lipinski definition) is 5. The second-order valence-corrected chi connectivity index (χ2v) is 7.37. The fourth-order valence-corrected chi connectivity index (χ4v) is 3.51. The molecular formula is C15H21N3OS. The van der Waals surface area contributed by atoms with Crippen LogP contribution in [0, 0.1) is 0 Å². The van der Waals surface area contributed by atoms with Crippen molar-refractivity contribution in [2.45, 2.75) is 51.6 Å². The molecule has 1 saturated heterocycles. The van der Waals surface area contributed by atoms with Gasteiger partial charge in [0, 0.05) is 16.3 Å². The Labute approximate surface area is 123 Å². The summed E-state index contributed by atoms with van der Waals surface area (Å²) in [5.41, 5.74) is -0.0799. The highest BCUT2D eigenvalue weighted by molar-refractivity contribution is 7.10. The third-order valence-electron chi connectivity index (χ3n) is 3.68. The van der Waals surface area contributed by atoms with E-state index < -0.39 is 0 Å². The number of thiophene rings is 1. The molecule has 0 N–H and O–H groups in total. The van der Waals surface area contributed by atoms with E-state index in [2.05, 4.69) is 53.4 Å². The van der Waals surface area contributed by atoms with Gasteiger partial charge >= 0.3 is 0 Å². The molecular weight excluding hydrogens is 270 g/mol. The van der Waals surface area contributed by atoms with Gasteiger partial charge in [0.15, 0.2) is 0 Å². The molecule has 1 aliphatic rings. The highest BCUT2D eigenvalue weighted by Gasteiger charge is 2.29. The Bertz CT molecular complexity index is 556. The summed E-state index contributed by atoms with van der Waals surface area (Å²) in [5.74, 6) is 1.46. The second kappa shape index (κ2) is 5.30. The Morgan fingerprint density at radius 2 is 2.25 bits per heavy atom. The van der Waals surface area contributed by atoms with Gasteiger partial charge < -0.3 is 4.42 Å². The minimum Gasteiger partial charge on any atom is -0.423 e. The molecule has 1 aliphatic heterocycles. The predicted octanol–water partition coefficient (Wildman–Crippen LogP) is 3.77. The maximum atomic E-state index is 5.82. The monoisotopic (exact) mass is 291 g/mol.